The number of aromatic amines is 1. The van der Waals surface area contributed by atoms with Crippen LogP contribution in [0.3, 0.4) is 0 Å². The number of nitrogens with zero attached hydrogens (tertiary/aromatic N) is 2. The Morgan fingerprint density at radius 1 is 1.05 bits per heavy atom. The number of allylic oxidation sites excluding steroid dienone is 2. The zero-order valence-electron chi connectivity index (χ0n) is 11.7. The van der Waals surface area contributed by atoms with E-state index in [0.29, 0.717) is 0 Å². The number of hydrogen-bond donors (Lipinski definition) is 2. The standard InChI is InChI=1S/C14H26N4S/c15-11-9-7-5-3-1-2-4-6-8-10-12-19-14-16-13-17-18-14/h1,3,13H,2,4-12,15H2,(H,16,17,18). The maximum atomic E-state index is 5.44. The van der Waals surface area contributed by atoms with Gasteiger partial charge in [0.1, 0.15) is 6.33 Å². The van der Waals surface area contributed by atoms with E-state index in [1.54, 1.807) is 18.1 Å². The molecule has 108 valence electrons. The van der Waals surface area contributed by atoms with Gasteiger partial charge in [0.2, 0.25) is 0 Å². The SMILES string of the molecule is NCCCCC=CCCCCCCSc1ncn[nH]1. The minimum atomic E-state index is 0.819. The van der Waals surface area contributed by atoms with E-state index in [0.717, 1.165) is 23.9 Å². The summed E-state index contributed by atoms with van der Waals surface area (Å²) in [5.41, 5.74) is 5.44. The Morgan fingerprint density at radius 3 is 2.47 bits per heavy atom. The minimum absolute atomic E-state index is 0.819. The topological polar surface area (TPSA) is 67.6 Å². The highest BCUT2D eigenvalue weighted by Crippen LogP contribution is 2.14. The monoisotopic (exact) mass is 282 g/mol. The fourth-order valence-corrected chi connectivity index (χ4v) is 2.57. The lowest BCUT2D eigenvalue weighted by Gasteiger charge is -1.99. The van der Waals surface area contributed by atoms with Gasteiger partial charge in [0.05, 0.1) is 0 Å². The highest BCUT2D eigenvalue weighted by molar-refractivity contribution is 7.99. The molecule has 0 spiro atoms. The molecule has 0 bridgehead atoms. The van der Waals surface area contributed by atoms with Gasteiger partial charge in [-0.3, -0.25) is 5.10 Å². The summed E-state index contributed by atoms with van der Waals surface area (Å²) in [5.74, 6) is 1.13. The fourth-order valence-electron chi connectivity index (χ4n) is 1.79. The van der Waals surface area contributed by atoms with Gasteiger partial charge in [-0.15, -0.1) is 0 Å². The van der Waals surface area contributed by atoms with Crippen LogP contribution in [0.1, 0.15) is 51.4 Å². The van der Waals surface area contributed by atoms with E-state index < -0.39 is 0 Å². The summed E-state index contributed by atoms with van der Waals surface area (Å²) in [5, 5.41) is 7.62. The molecule has 0 unspecified atom stereocenters. The zero-order chi connectivity index (χ0) is 13.6. The van der Waals surface area contributed by atoms with Gasteiger partial charge >= 0.3 is 0 Å². The van der Waals surface area contributed by atoms with Crippen molar-refractivity contribution in [1.82, 2.24) is 15.2 Å². The van der Waals surface area contributed by atoms with Crippen molar-refractivity contribution in [1.29, 1.82) is 0 Å². The first-order valence-electron chi connectivity index (χ1n) is 7.26. The van der Waals surface area contributed by atoms with Crippen molar-refractivity contribution in [2.45, 2.75) is 56.5 Å². The highest BCUT2D eigenvalue weighted by atomic mass is 32.2. The Labute approximate surface area is 120 Å². The molecule has 1 aromatic heterocycles. The molecule has 19 heavy (non-hydrogen) atoms. The first-order chi connectivity index (χ1) is 9.43. The normalized spacial score (nSPS) is 11.4. The number of rotatable bonds is 12. The van der Waals surface area contributed by atoms with Gasteiger partial charge in [0.15, 0.2) is 5.16 Å². The lowest BCUT2D eigenvalue weighted by Crippen LogP contribution is -1.96. The van der Waals surface area contributed by atoms with E-state index in [1.807, 2.05) is 0 Å². The largest absolute Gasteiger partial charge is 0.330 e. The second-order valence-electron chi connectivity index (χ2n) is 4.60. The smallest absolute Gasteiger partial charge is 0.183 e. The molecule has 5 heteroatoms. The number of unbranched alkanes of at least 4 members (excludes halogenated alkanes) is 6. The predicted octanol–water partition coefficient (Wildman–Crippen LogP) is 3.53. The third kappa shape index (κ3) is 9.73. The molecular formula is C14H26N4S. The minimum Gasteiger partial charge on any atom is -0.330 e. The summed E-state index contributed by atoms with van der Waals surface area (Å²) < 4.78 is 0. The third-order valence-electron chi connectivity index (χ3n) is 2.89. The van der Waals surface area contributed by atoms with E-state index >= 15 is 0 Å². The van der Waals surface area contributed by atoms with Crippen LogP contribution in [0, 0.1) is 0 Å². The maximum absolute atomic E-state index is 5.44. The van der Waals surface area contributed by atoms with Crippen LogP contribution in [0.5, 0.6) is 0 Å². The molecule has 0 aliphatic heterocycles. The van der Waals surface area contributed by atoms with Crippen LogP contribution in [0.15, 0.2) is 23.6 Å². The van der Waals surface area contributed by atoms with Crippen LogP contribution < -0.4 is 5.73 Å². The van der Waals surface area contributed by atoms with Crippen LogP contribution in [0.2, 0.25) is 0 Å². The number of thioether (sulfide) groups is 1. The van der Waals surface area contributed by atoms with Crippen LogP contribution in [0.4, 0.5) is 0 Å². The molecule has 0 aliphatic rings. The molecule has 0 fully saturated rings. The van der Waals surface area contributed by atoms with Gasteiger partial charge in [-0.2, -0.15) is 5.10 Å². The molecule has 3 N–H and O–H groups in total. The van der Waals surface area contributed by atoms with Crippen molar-refractivity contribution in [3.63, 3.8) is 0 Å². The van der Waals surface area contributed by atoms with Gasteiger partial charge in [-0.05, 0) is 45.1 Å². The zero-order valence-corrected chi connectivity index (χ0v) is 12.5. The third-order valence-corrected chi connectivity index (χ3v) is 3.85. The number of nitrogens with two attached hydrogens (primary N) is 1. The first-order valence-corrected chi connectivity index (χ1v) is 8.25. The Bertz CT molecular complexity index is 311. The molecule has 4 nitrogen and oxygen atoms in total. The molecule has 1 rings (SSSR count). The highest BCUT2D eigenvalue weighted by Gasteiger charge is 1.95. The van der Waals surface area contributed by atoms with Gasteiger partial charge in [-0.25, -0.2) is 4.98 Å². The number of H-pyrrole nitrogens is 1. The maximum Gasteiger partial charge on any atom is 0.183 e. The summed E-state index contributed by atoms with van der Waals surface area (Å²) in [6.07, 6.45) is 16.2. The average Bonchev–Trinajstić information content (AvgIpc) is 2.93. The second-order valence-corrected chi connectivity index (χ2v) is 5.68. The summed E-state index contributed by atoms with van der Waals surface area (Å²) in [4.78, 5) is 4.08. The van der Waals surface area contributed by atoms with Gasteiger partial charge in [0.25, 0.3) is 0 Å². The molecule has 0 amide bonds. The van der Waals surface area contributed by atoms with Crippen molar-refractivity contribution < 1.29 is 0 Å². The number of hydrogen-bond acceptors (Lipinski definition) is 4. The first kappa shape index (κ1) is 16.2. The van der Waals surface area contributed by atoms with Crippen molar-refractivity contribution in [2.75, 3.05) is 12.3 Å². The molecule has 1 heterocycles. The van der Waals surface area contributed by atoms with Crippen LogP contribution >= 0.6 is 11.8 Å². The Kier molecular flexibility index (Phi) is 10.5. The van der Waals surface area contributed by atoms with Crippen LogP contribution in [-0.4, -0.2) is 27.5 Å². The van der Waals surface area contributed by atoms with Crippen LogP contribution in [0.25, 0.3) is 0 Å². The summed E-state index contributed by atoms with van der Waals surface area (Å²) in [6, 6.07) is 0. The second kappa shape index (κ2) is 12.2. The van der Waals surface area contributed by atoms with Crippen molar-refractivity contribution in [3.05, 3.63) is 18.5 Å². The van der Waals surface area contributed by atoms with Crippen molar-refractivity contribution in [2.24, 2.45) is 5.73 Å². The van der Waals surface area contributed by atoms with E-state index in [1.165, 1.54) is 44.9 Å². The molecule has 0 aliphatic carbocycles. The van der Waals surface area contributed by atoms with Gasteiger partial charge < -0.3 is 5.73 Å². The Hall–Kier alpha value is -0.810. The fraction of sp³-hybridized carbons (Fsp3) is 0.714. The Morgan fingerprint density at radius 2 is 1.79 bits per heavy atom. The molecule has 1 aromatic rings. The predicted molar refractivity (Wildman–Crippen MR) is 82.2 cm³/mol. The number of aromatic nitrogens is 3. The number of nitrogens with one attached hydrogen (secondary N) is 1. The van der Waals surface area contributed by atoms with E-state index in [9.17, 15) is 0 Å². The quantitative estimate of drug-likeness (QED) is 0.349. The molecule has 0 radical (unpaired) electrons. The molecule has 0 saturated heterocycles. The summed E-state index contributed by atoms with van der Waals surface area (Å²) in [6.45, 7) is 0.819. The summed E-state index contributed by atoms with van der Waals surface area (Å²) >= 11 is 1.75. The summed E-state index contributed by atoms with van der Waals surface area (Å²) in [7, 11) is 0. The van der Waals surface area contributed by atoms with Crippen LogP contribution in [-0.2, 0) is 0 Å². The molecule has 0 saturated carbocycles. The van der Waals surface area contributed by atoms with E-state index in [-0.39, 0.29) is 0 Å². The average molecular weight is 282 g/mol. The Balaban J connectivity index is 1.78. The van der Waals surface area contributed by atoms with Gasteiger partial charge in [-0.1, -0.05) is 36.8 Å². The van der Waals surface area contributed by atoms with E-state index in [4.69, 9.17) is 5.73 Å². The molecular weight excluding hydrogens is 256 g/mol. The van der Waals surface area contributed by atoms with E-state index in [2.05, 4.69) is 27.3 Å². The molecule has 0 atom stereocenters. The lowest BCUT2D eigenvalue weighted by atomic mass is 10.1. The lowest BCUT2D eigenvalue weighted by molar-refractivity contribution is 0.676. The van der Waals surface area contributed by atoms with Crippen molar-refractivity contribution in [3.8, 4) is 0 Å². The molecule has 0 aromatic carbocycles. The van der Waals surface area contributed by atoms with Gasteiger partial charge in [0, 0.05) is 5.75 Å². The van der Waals surface area contributed by atoms with Crippen molar-refractivity contribution >= 4 is 11.8 Å².